The lowest BCUT2D eigenvalue weighted by molar-refractivity contribution is -0.0331. The molecule has 2 fully saturated rings. The maximum Gasteiger partial charge on any atom is 0.441 e. The molecule has 1 aliphatic heterocycles. The molecule has 0 amide bonds. The molecule has 1 aliphatic carbocycles. The van der Waals surface area contributed by atoms with Gasteiger partial charge in [0.1, 0.15) is 0 Å². The summed E-state index contributed by atoms with van der Waals surface area (Å²) >= 11 is 0.110. The van der Waals surface area contributed by atoms with Gasteiger partial charge in [-0.05, 0) is 44.1 Å². The Hall–Kier alpha value is 0.0600. The van der Waals surface area contributed by atoms with Crippen LogP contribution in [0.3, 0.4) is 0 Å². The van der Waals surface area contributed by atoms with Gasteiger partial charge in [0.2, 0.25) is 0 Å². The third-order valence-corrected chi connectivity index (χ3v) is 5.18. The van der Waals surface area contributed by atoms with Crippen molar-refractivity contribution in [2.45, 2.75) is 51.1 Å². The minimum atomic E-state index is -4.12. The molecule has 0 radical (unpaired) electrons. The summed E-state index contributed by atoms with van der Waals surface area (Å²) in [6, 6.07) is 0. The molecule has 1 N–H and O–H groups in total. The van der Waals surface area contributed by atoms with Gasteiger partial charge in [0.15, 0.2) is 0 Å². The summed E-state index contributed by atoms with van der Waals surface area (Å²) in [6.45, 7) is 6.67. The van der Waals surface area contributed by atoms with Gasteiger partial charge in [-0.3, -0.25) is 0 Å². The first-order valence-corrected chi connectivity index (χ1v) is 8.84. The van der Waals surface area contributed by atoms with Crippen molar-refractivity contribution < 1.29 is 17.9 Å². The summed E-state index contributed by atoms with van der Waals surface area (Å²) in [5.74, 6) is 1.26. The Balaban J connectivity index is 1.92. The molecule has 124 valence electrons. The molecule has 0 aromatic carbocycles. The van der Waals surface area contributed by atoms with E-state index in [4.69, 9.17) is 4.74 Å². The van der Waals surface area contributed by atoms with E-state index in [1.165, 1.54) is 12.8 Å². The Kier molecular flexibility index (Phi) is 5.88. The maximum absolute atomic E-state index is 12.4. The van der Waals surface area contributed by atoms with Crippen molar-refractivity contribution in [3.05, 3.63) is 0 Å². The number of hydrogen-bond acceptors (Lipinski definition) is 3. The van der Waals surface area contributed by atoms with Crippen molar-refractivity contribution in [3.8, 4) is 0 Å². The monoisotopic (exact) mass is 325 g/mol. The minimum Gasteiger partial charge on any atom is -0.377 e. The maximum atomic E-state index is 12.4. The van der Waals surface area contributed by atoms with E-state index >= 15 is 0 Å². The number of thioether (sulfide) groups is 1. The summed E-state index contributed by atoms with van der Waals surface area (Å²) < 4.78 is 43.1. The molecule has 2 unspecified atom stereocenters. The Labute approximate surface area is 129 Å². The zero-order chi connectivity index (χ0) is 15.5. The Bertz CT molecular complexity index is 333. The normalized spacial score (nSPS) is 30.3. The molecule has 2 nitrogen and oxygen atoms in total. The lowest BCUT2D eigenvalue weighted by atomic mass is 9.76. The fourth-order valence-corrected chi connectivity index (χ4v) is 4.01. The van der Waals surface area contributed by atoms with Crippen LogP contribution in [0.15, 0.2) is 0 Å². The van der Waals surface area contributed by atoms with E-state index in [-0.39, 0.29) is 29.0 Å². The molecule has 1 saturated carbocycles. The first kappa shape index (κ1) is 17.4. The molecular formula is C15H26F3NOS. The third kappa shape index (κ3) is 5.32. The van der Waals surface area contributed by atoms with Crippen LogP contribution in [0.2, 0.25) is 0 Å². The number of hydrogen-bond donors (Lipinski definition) is 1. The molecule has 6 heteroatoms. The van der Waals surface area contributed by atoms with Crippen molar-refractivity contribution in [3.63, 3.8) is 0 Å². The zero-order valence-corrected chi connectivity index (χ0v) is 13.7. The molecule has 2 atom stereocenters. The van der Waals surface area contributed by atoms with Crippen molar-refractivity contribution in [2.75, 3.05) is 25.4 Å². The molecule has 2 rings (SSSR count). The highest BCUT2D eigenvalue weighted by molar-refractivity contribution is 8.00. The minimum absolute atomic E-state index is 0.103. The Morgan fingerprint density at radius 3 is 2.62 bits per heavy atom. The third-order valence-electron chi connectivity index (χ3n) is 4.45. The molecule has 0 aromatic heterocycles. The van der Waals surface area contributed by atoms with Crippen LogP contribution in [0.5, 0.6) is 0 Å². The van der Waals surface area contributed by atoms with Gasteiger partial charge in [-0.15, -0.1) is 0 Å². The van der Waals surface area contributed by atoms with E-state index in [1.807, 2.05) is 0 Å². The summed E-state index contributed by atoms with van der Waals surface area (Å²) in [5, 5.41) is 3.46. The van der Waals surface area contributed by atoms with E-state index in [9.17, 15) is 13.2 Å². The Morgan fingerprint density at radius 2 is 2.05 bits per heavy atom. The van der Waals surface area contributed by atoms with Crippen molar-refractivity contribution >= 4 is 11.8 Å². The van der Waals surface area contributed by atoms with Gasteiger partial charge in [-0.1, -0.05) is 25.6 Å². The second kappa shape index (κ2) is 7.09. The highest BCUT2D eigenvalue weighted by atomic mass is 32.2. The predicted octanol–water partition coefficient (Wildman–Crippen LogP) is 4.06. The van der Waals surface area contributed by atoms with Crippen LogP contribution >= 0.6 is 11.8 Å². The van der Waals surface area contributed by atoms with Crippen LogP contribution in [-0.4, -0.2) is 37.1 Å². The van der Waals surface area contributed by atoms with Gasteiger partial charge in [-0.25, -0.2) is 0 Å². The molecule has 0 bridgehead atoms. The second-order valence-electron chi connectivity index (χ2n) is 6.81. The highest BCUT2D eigenvalue weighted by Gasteiger charge is 2.50. The van der Waals surface area contributed by atoms with Gasteiger partial charge in [0.05, 0.1) is 6.10 Å². The first-order valence-electron chi connectivity index (χ1n) is 7.85. The quantitative estimate of drug-likeness (QED) is 0.727. The van der Waals surface area contributed by atoms with Crippen LogP contribution in [-0.2, 0) is 4.74 Å². The topological polar surface area (TPSA) is 21.3 Å². The standard InChI is InChI=1S/C15H26F3NOS/c1-11(2)9-19-10-14(6-8-21-15(16,17)18)5-7-20-13(14)12-3-4-12/h11-13,19H,3-10H2,1-2H3. The lowest BCUT2D eigenvalue weighted by Crippen LogP contribution is -2.43. The van der Waals surface area contributed by atoms with Crippen LogP contribution in [0.1, 0.15) is 39.5 Å². The summed E-state index contributed by atoms with van der Waals surface area (Å²) in [4.78, 5) is 0. The largest absolute Gasteiger partial charge is 0.441 e. The molecule has 0 aromatic rings. The van der Waals surface area contributed by atoms with Crippen LogP contribution < -0.4 is 5.32 Å². The van der Waals surface area contributed by atoms with Gasteiger partial charge in [-0.2, -0.15) is 13.2 Å². The fourth-order valence-electron chi connectivity index (χ4n) is 3.27. The second-order valence-corrected chi connectivity index (χ2v) is 7.97. The summed E-state index contributed by atoms with van der Waals surface area (Å²) in [7, 11) is 0. The van der Waals surface area contributed by atoms with Crippen LogP contribution in [0.25, 0.3) is 0 Å². The molecule has 21 heavy (non-hydrogen) atoms. The summed E-state index contributed by atoms with van der Waals surface area (Å²) in [5.41, 5.74) is -4.23. The van der Waals surface area contributed by atoms with Crippen LogP contribution in [0.4, 0.5) is 13.2 Å². The molecule has 2 aliphatic rings. The Morgan fingerprint density at radius 1 is 1.33 bits per heavy atom. The number of ether oxygens (including phenoxy) is 1. The number of nitrogens with one attached hydrogen (secondary N) is 1. The fraction of sp³-hybridized carbons (Fsp3) is 1.00. The average molecular weight is 325 g/mol. The van der Waals surface area contributed by atoms with E-state index in [0.29, 0.717) is 24.9 Å². The van der Waals surface area contributed by atoms with Crippen molar-refractivity contribution in [1.82, 2.24) is 5.32 Å². The molecule has 0 spiro atoms. The first-order chi connectivity index (χ1) is 9.82. The number of rotatable bonds is 8. The van der Waals surface area contributed by atoms with Gasteiger partial charge >= 0.3 is 5.51 Å². The van der Waals surface area contributed by atoms with E-state index in [1.54, 1.807) is 0 Å². The predicted molar refractivity (Wildman–Crippen MR) is 80.4 cm³/mol. The van der Waals surface area contributed by atoms with Gasteiger partial charge in [0, 0.05) is 24.3 Å². The van der Waals surface area contributed by atoms with Gasteiger partial charge in [0.25, 0.3) is 0 Å². The highest BCUT2D eigenvalue weighted by Crippen LogP contribution is 2.50. The molecular weight excluding hydrogens is 299 g/mol. The zero-order valence-electron chi connectivity index (χ0n) is 12.8. The smallest absolute Gasteiger partial charge is 0.377 e. The van der Waals surface area contributed by atoms with E-state index in [0.717, 1.165) is 19.5 Å². The number of halogens is 3. The lowest BCUT2D eigenvalue weighted by Gasteiger charge is -2.35. The van der Waals surface area contributed by atoms with Gasteiger partial charge < -0.3 is 10.1 Å². The average Bonchev–Trinajstić information content (AvgIpc) is 3.10. The summed E-state index contributed by atoms with van der Waals surface area (Å²) in [6.07, 6.45) is 3.97. The van der Waals surface area contributed by atoms with Crippen LogP contribution in [0, 0.1) is 17.3 Å². The molecule has 1 saturated heterocycles. The molecule has 1 heterocycles. The van der Waals surface area contributed by atoms with E-state index in [2.05, 4.69) is 19.2 Å². The van der Waals surface area contributed by atoms with E-state index < -0.39 is 5.51 Å². The van der Waals surface area contributed by atoms with Crippen molar-refractivity contribution in [1.29, 1.82) is 0 Å². The number of alkyl halides is 3. The van der Waals surface area contributed by atoms with Crippen molar-refractivity contribution in [2.24, 2.45) is 17.3 Å². The SMILES string of the molecule is CC(C)CNCC1(CCSC(F)(F)F)CCOC1C1CC1.